The van der Waals surface area contributed by atoms with E-state index in [1.165, 1.54) is 0 Å². The van der Waals surface area contributed by atoms with Crippen LogP contribution in [0.5, 0.6) is 0 Å². The van der Waals surface area contributed by atoms with Crippen molar-refractivity contribution in [3.63, 3.8) is 0 Å². The lowest BCUT2D eigenvalue weighted by Crippen LogP contribution is -3.00. The molecule has 0 aliphatic heterocycles. The molecule has 4 heteroatoms. The summed E-state index contributed by atoms with van der Waals surface area (Å²) in [6, 6.07) is 13.9. The highest BCUT2D eigenvalue weighted by molar-refractivity contribution is 5.57. The second-order valence-corrected chi connectivity index (χ2v) is 5.03. The molecule has 0 amide bonds. The van der Waals surface area contributed by atoms with Gasteiger partial charge in [0, 0.05) is 11.1 Å². The predicted octanol–water partition coefficient (Wildman–Crippen LogP) is -0.189. The van der Waals surface area contributed by atoms with Gasteiger partial charge in [-0.25, -0.2) is 0 Å². The molecular weight excluding hydrogens is 262 g/mol. The fraction of sp³-hybridized carbons (Fsp3) is 0.333. The van der Waals surface area contributed by atoms with Gasteiger partial charge >= 0.3 is 0 Å². The van der Waals surface area contributed by atoms with Gasteiger partial charge in [-0.3, -0.25) is 0 Å². The van der Waals surface area contributed by atoms with Gasteiger partial charge < -0.3 is 27.2 Å². The van der Waals surface area contributed by atoms with Crippen LogP contribution in [0, 0.1) is 0 Å². The lowest BCUT2D eigenvalue weighted by molar-refractivity contribution is -0.00000525. The summed E-state index contributed by atoms with van der Waals surface area (Å²) in [6.07, 6.45) is 0. The first-order chi connectivity index (χ1) is 8.61. The fourth-order valence-electron chi connectivity index (χ4n) is 1.61. The number of rotatable bonds is 5. The molecule has 104 valence electrons. The van der Waals surface area contributed by atoms with Crippen molar-refractivity contribution in [1.82, 2.24) is 5.32 Å². The zero-order valence-corrected chi connectivity index (χ0v) is 11.9. The second kappa shape index (κ2) is 6.75. The standard InChI is InChI=1S/C15H19NO2.ClH/c1-15(2,11-17)16-10-13-8-9-14(18-13)12-6-4-3-5-7-12;/h3-9,16-17H,10-11H2,1-2H3;1H/p-1. The summed E-state index contributed by atoms with van der Waals surface area (Å²) < 4.78 is 5.77. The molecule has 0 aliphatic rings. The molecule has 2 aromatic rings. The molecule has 3 nitrogen and oxygen atoms in total. The van der Waals surface area contributed by atoms with Crippen molar-refractivity contribution in [2.75, 3.05) is 6.61 Å². The van der Waals surface area contributed by atoms with Gasteiger partial charge in [-0.2, -0.15) is 0 Å². The molecule has 0 unspecified atom stereocenters. The SMILES string of the molecule is CC(C)(CO)NCc1ccc(-c2ccccc2)o1.[Cl-]. The molecule has 1 aromatic heterocycles. The monoisotopic (exact) mass is 280 g/mol. The second-order valence-electron chi connectivity index (χ2n) is 5.03. The van der Waals surface area contributed by atoms with Gasteiger partial charge in [0.2, 0.25) is 0 Å². The van der Waals surface area contributed by atoms with Gasteiger partial charge in [-0.1, -0.05) is 30.3 Å². The van der Waals surface area contributed by atoms with E-state index in [4.69, 9.17) is 9.52 Å². The van der Waals surface area contributed by atoms with Crippen molar-refractivity contribution in [2.45, 2.75) is 25.9 Å². The normalized spacial score (nSPS) is 11.1. The quantitative estimate of drug-likeness (QED) is 0.798. The average Bonchev–Trinajstić information content (AvgIpc) is 2.86. The summed E-state index contributed by atoms with van der Waals surface area (Å²) in [4.78, 5) is 0. The van der Waals surface area contributed by atoms with Crippen molar-refractivity contribution < 1.29 is 21.9 Å². The first-order valence-corrected chi connectivity index (χ1v) is 6.11. The number of hydrogen-bond donors (Lipinski definition) is 2. The summed E-state index contributed by atoms with van der Waals surface area (Å²) in [5.74, 6) is 1.74. The Balaban J connectivity index is 0.00000180. The van der Waals surface area contributed by atoms with Gasteiger partial charge in [0.15, 0.2) is 0 Å². The van der Waals surface area contributed by atoms with Crippen LogP contribution in [0.1, 0.15) is 19.6 Å². The lowest BCUT2D eigenvalue weighted by atomic mass is 10.1. The van der Waals surface area contributed by atoms with Crippen LogP contribution < -0.4 is 17.7 Å². The van der Waals surface area contributed by atoms with Crippen molar-refractivity contribution in [3.8, 4) is 11.3 Å². The van der Waals surface area contributed by atoms with Crippen molar-refractivity contribution in [2.24, 2.45) is 0 Å². The molecule has 0 atom stereocenters. The Labute approximate surface area is 120 Å². The minimum atomic E-state index is -0.292. The highest BCUT2D eigenvalue weighted by Crippen LogP contribution is 2.21. The van der Waals surface area contributed by atoms with E-state index in [0.29, 0.717) is 6.54 Å². The third kappa shape index (κ3) is 4.39. The maximum atomic E-state index is 9.16. The van der Waals surface area contributed by atoms with Gasteiger partial charge in [0.25, 0.3) is 0 Å². The molecule has 2 rings (SSSR count). The first-order valence-electron chi connectivity index (χ1n) is 6.11. The van der Waals surface area contributed by atoms with Crippen LogP contribution in [0.25, 0.3) is 11.3 Å². The number of benzene rings is 1. The Kier molecular flexibility index (Phi) is 5.60. The molecule has 0 aliphatic carbocycles. The lowest BCUT2D eigenvalue weighted by Gasteiger charge is -2.22. The number of aliphatic hydroxyl groups is 1. The van der Waals surface area contributed by atoms with E-state index in [1.54, 1.807) is 0 Å². The first kappa shape index (κ1) is 15.8. The third-order valence-corrected chi connectivity index (χ3v) is 2.86. The van der Waals surface area contributed by atoms with Crippen LogP contribution in [0.4, 0.5) is 0 Å². The number of halogens is 1. The fourth-order valence-corrected chi connectivity index (χ4v) is 1.61. The average molecular weight is 281 g/mol. The number of hydrogen-bond acceptors (Lipinski definition) is 3. The predicted molar refractivity (Wildman–Crippen MR) is 72.1 cm³/mol. The van der Waals surface area contributed by atoms with Crippen LogP contribution in [-0.4, -0.2) is 17.3 Å². The summed E-state index contributed by atoms with van der Waals surface area (Å²) in [5, 5.41) is 12.4. The van der Waals surface area contributed by atoms with Crippen LogP contribution in [0.2, 0.25) is 0 Å². The highest BCUT2D eigenvalue weighted by atomic mass is 35.5. The summed E-state index contributed by atoms with van der Waals surface area (Å²) in [6.45, 7) is 4.61. The largest absolute Gasteiger partial charge is 1.00 e. The third-order valence-electron chi connectivity index (χ3n) is 2.86. The molecule has 0 radical (unpaired) electrons. The maximum absolute atomic E-state index is 9.16. The Hall–Kier alpha value is -1.29. The van der Waals surface area contributed by atoms with Crippen LogP contribution >= 0.6 is 0 Å². The molecule has 0 saturated carbocycles. The number of nitrogens with one attached hydrogen (secondary N) is 1. The molecule has 0 fully saturated rings. The van der Waals surface area contributed by atoms with Gasteiger partial charge in [0.1, 0.15) is 11.5 Å². The van der Waals surface area contributed by atoms with Crippen molar-refractivity contribution >= 4 is 0 Å². The number of aliphatic hydroxyl groups excluding tert-OH is 1. The maximum Gasteiger partial charge on any atom is 0.134 e. The smallest absolute Gasteiger partial charge is 0.134 e. The van der Waals surface area contributed by atoms with Gasteiger partial charge in [-0.15, -0.1) is 0 Å². The molecule has 19 heavy (non-hydrogen) atoms. The Morgan fingerprint density at radius 2 is 1.79 bits per heavy atom. The van der Waals surface area contributed by atoms with E-state index in [2.05, 4.69) is 5.32 Å². The Morgan fingerprint density at radius 1 is 1.11 bits per heavy atom. The summed E-state index contributed by atoms with van der Waals surface area (Å²) >= 11 is 0. The van der Waals surface area contributed by atoms with Crippen LogP contribution in [0.3, 0.4) is 0 Å². The molecule has 1 heterocycles. The van der Waals surface area contributed by atoms with Gasteiger partial charge in [-0.05, 0) is 26.0 Å². The summed E-state index contributed by atoms with van der Waals surface area (Å²) in [7, 11) is 0. The summed E-state index contributed by atoms with van der Waals surface area (Å²) in [5.41, 5.74) is 0.782. The van der Waals surface area contributed by atoms with E-state index in [0.717, 1.165) is 17.1 Å². The van der Waals surface area contributed by atoms with Crippen molar-refractivity contribution in [3.05, 3.63) is 48.2 Å². The zero-order chi connectivity index (χ0) is 13.0. The Morgan fingerprint density at radius 3 is 2.42 bits per heavy atom. The van der Waals surface area contributed by atoms with Crippen LogP contribution in [-0.2, 0) is 6.54 Å². The highest BCUT2D eigenvalue weighted by Gasteiger charge is 2.15. The molecule has 1 aromatic carbocycles. The topological polar surface area (TPSA) is 45.4 Å². The van der Waals surface area contributed by atoms with Crippen molar-refractivity contribution in [1.29, 1.82) is 0 Å². The number of furan rings is 1. The van der Waals surface area contributed by atoms with E-state index in [9.17, 15) is 0 Å². The van der Waals surface area contributed by atoms with Crippen LogP contribution in [0.15, 0.2) is 46.9 Å². The van der Waals surface area contributed by atoms with E-state index >= 15 is 0 Å². The Bertz CT molecular complexity index is 494. The van der Waals surface area contributed by atoms with E-state index in [1.807, 2.05) is 56.3 Å². The minimum Gasteiger partial charge on any atom is -1.00 e. The van der Waals surface area contributed by atoms with Gasteiger partial charge in [0.05, 0.1) is 13.2 Å². The van der Waals surface area contributed by atoms with E-state index < -0.39 is 0 Å². The van der Waals surface area contributed by atoms with E-state index in [-0.39, 0.29) is 24.6 Å². The minimum absolute atomic E-state index is 0. The zero-order valence-electron chi connectivity index (χ0n) is 11.2. The molecule has 0 bridgehead atoms. The molecule has 0 saturated heterocycles. The molecular formula is C15H19ClNO2-. The molecule has 2 N–H and O–H groups in total. The molecule has 0 spiro atoms.